The van der Waals surface area contributed by atoms with Crippen LogP contribution in [0.1, 0.15) is 26.7 Å². The van der Waals surface area contributed by atoms with E-state index in [4.69, 9.17) is 10.2 Å². The molecule has 4 heteroatoms. The van der Waals surface area contributed by atoms with Gasteiger partial charge in [-0.2, -0.15) is 11.8 Å². The molecule has 0 heterocycles. The molecular weight excluding hydrogens is 176 g/mol. The van der Waals surface area contributed by atoms with Crippen LogP contribution in [-0.4, -0.2) is 33.3 Å². The number of aliphatic carboxylic acids is 1. The van der Waals surface area contributed by atoms with Gasteiger partial charge in [-0.05, 0) is 19.1 Å². The van der Waals surface area contributed by atoms with E-state index in [2.05, 4.69) is 0 Å². The maximum atomic E-state index is 10.2. The van der Waals surface area contributed by atoms with Crippen molar-refractivity contribution in [3.63, 3.8) is 0 Å². The fraction of sp³-hybridized carbons (Fsp3) is 0.875. The number of hydrogen-bond donors (Lipinski definition) is 2. The first-order valence-electron chi connectivity index (χ1n) is 4.04. The molecule has 0 fully saturated rings. The Morgan fingerprint density at radius 2 is 2.08 bits per heavy atom. The molecule has 2 atom stereocenters. The smallest absolute Gasteiger partial charge is 0.304 e. The molecule has 2 unspecified atom stereocenters. The Hall–Kier alpha value is -0.220. The van der Waals surface area contributed by atoms with Crippen molar-refractivity contribution >= 4 is 17.7 Å². The van der Waals surface area contributed by atoms with Gasteiger partial charge in [0.2, 0.25) is 0 Å². The van der Waals surface area contributed by atoms with Crippen LogP contribution in [0.25, 0.3) is 0 Å². The van der Waals surface area contributed by atoms with Crippen LogP contribution in [-0.2, 0) is 4.79 Å². The predicted octanol–water partition coefficient (Wildman–Crippen LogP) is 1.35. The van der Waals surface area contributed by atoms with Gasteiger partial charge in [-0.3, -0.25) is 4.79 Å². The molecule has 3 nitrogen and oxygen atoms in total. The normalized spacial score (nSPS) is 15.6. The summed E-state index contributed by atoms with van der Waals surface area (Å²) in [7, 11) is 0. The van der Waals surface area contributed by atoms with Gasteiger partial charge in [-0.25, -0.2) is 0 Å². The van der Waals surface area contributed by atoms with E-state index in [9.17, 15) is 4.79 Å². The summed E-state index contributed by atoms with van der Waals surface area (Å²) in [6, 6.07) is 0. The fourth-order valence-electron chi connectivity index (χ4n) is 0.745. The minimum Gasteiger partial charge on any atom is -0.481 e. The summed E-state index contributed by atoms with van der Waals surface area (Å²) >= 11 is 1.59. The topological polar surface area (TPSA) is 57.5 Å². The number of thioether (sulfide) groups is 1. The molecule has 0 radical (unpaired) electrons. The van der Waals surface area contributed by atoms with Crippen LogP contribution in [0, 0.1) is 0 Å². The number of carboxylic acid groups (broad SMARTS) is 1. The highest BCUT2D eigenvalue weighted by atomic mass is 32.2. The second-order valence-corrected chi connectivity index (χ2v) is 4.46. The summed E-state index contributed by atoms with van der Waals surface area (Å²) in [6.45, 7) is 3.63. The lowest BCUT2D eigenvalue weighted by Gasteiger charge is -2.08. The highest BCUT2D eigenvalue weighted by molar-refractivity contribution is 7.99. The van der Waals surface area contributed by atoms with Crippen LogP contribution in [0.5, 0.6) is 0 Å². The van der Waals surface area contributed by atoms with Gasteiger partial charge < -0.3 is 10.2 Å². The van der Waals surface area contributed by atoms with Gasteiger partial charge in [0, 0.05) is 5.25 Å². The summed E-state index contributed by atoms with van der Waals surface area (Å²) in [5.74, 6) is 0.0681. The highest BCUT2D eigenvalue weighted by Gasteiger charge is 2.07. The molecule has 12 heavy (non-hydrogen) atoms. The van der Waals surface area contributed by atoms with Gasteiger partial charge in [0.1, 0.15) is 0 Å². The van der Waals surface area contributed by atoms with Crippen LogP contribution >= 0.6 is 11.8 Å². The number of aliphatic hydroxyl groups is 1. The van der Waals surface area contributed by atoms with Gasteiger partial charge in [0.15, 0.2) is 0 Å². The third kappa shape index (κ3) is 7.88. The molecule has 0 saturated heterocycles. The molecule has 0 saturated carbocycles. The van der Waals surface area contributed by atoms with E-state index >= 15 is 0 Å². The Bertz CT molecular complexity index is 136. The zero-order valence-electron chi connectivity index (χ0n) is 7.49. The fourth-order valence-corrected chi connectivity index (χ4v) is 1.88. The van der Waals surface area contributed by atoms with Crippen LogP contribution in [0.4, 0.5) is 0 Å². The number of aliphatic hydroxyl groups excluding tert-OH is 1. The third-order valence-corrected chi connectivity index (χ3v) is 2.61. The standard InChI is InChI=1S/C8H16O3S/c1-6(9)3-4-12-7(2)5-8(10)11/h6-7,9H,3-5H2,1-2H3,(H,10,11). The van der Waals surface area contributed by atoms with E-state index in [1.54, 1.807) is 18.7 Å². The maximum absolute atomic E-state index is 10.2. The molecule has 0 aliphatic rings. The Balaban J connectivity index is 3.31. The largest absolute Gasteiger partial charge is 0.481 e. The van der Waals surface area contributed by atoms with Crippen molar-refractivity contribution in [2.24, 2.45) is 0 Å². The monoisotopic (exact) mass is 192 g/mol. The summed E-state index contributed by atoms with van der Waals surface area (Å²) in [6.07, 6.45) is 0.647. The highest BCUT2D eigenvalue weighted by Crippen LogP contribution is 2.15. The number of carboxylic acids is 1. The quantitative estimate of drug-likeness (QED) is 0.667. The van der Waals surface area contributed by atoms with Crippen molar-refractivity contribution in [2.45, 2.75) is 38.0 Å². The zero-order chi connectivity index (χ0) is 9.56. The van der Waals surface area contributed by atoms with Gasteiger partial charge >= 0.3 is 5.97 Å². The van der Waals surface area contributed by atoms with Crippen molar-refractivity contribution in [3.8, 4) is 0 Å². The van der Waals surface area contributed by atoms with E-state index in [1.807, 2.05) is 6.92 Å². The average Bonchev–Trinajstić information content (AvgIpc) is 1.84. The molecule has 0 aromatic carbocycles. The van der Waals surface area contributed by atoms with Crippen LogP contribution in [0.3, 0.4) is 0 Å². The Labute approximate surface area is 77.2 Å². The molecule has 0 aromatic heterocycles. The minimum atomic E-state index is -0.757. The molecule has 0 spiro atoms. The summed E-state index contributed by atoms with van der Waals surface area (Å²) in [5.41, 5.74) is 0. The first-order chi connectivity index (χ1) is 5.52. The van der Waals surface area contributed by atoms with Crippen molar-refractivity contribution in [1.82, 2.24) is 0 Å². The number of rotatable bonds is 6. The lowest BCUT2D eigenvalue weighted by molar-refractivity contribution is -0.136. The molecule has 0 aliphatic carbocycles. The molecule has 2 N–H and O–H groups in total. The molecular formula is C8H16O3S. The lowest BCUT2D eigenvalue weighted by Crippen LogP contribution is -2.08. The van der Waals surface area contributed by atoms with E-state index in [0.717, 1.165) is 12.2 Å². The lowest BCUT2D eigenvalue weighted by atomic mass is 10.3. The molecule has 0 aromatic rings. The number of hydrogen-bond acceptors (Lipinski definition) is 3. The summed E-state index contributed by atoms with van der Waals surface area (Å²) < 4.78 is 0. The van der Waals surface area contributed by atoms with Gasteiger partial charge in [-0.1, -0.05) is 6.92 Å². The van der Waals surface area contributed by atoms with Crippen LogP contribution in [0.15, 0.2) is 0 Å². The molecule has 0 rings (SSSR count). The second kappa shape index (κ2) is 6.31. The predicted molar refractivity (Wildman–Crippen MR) is 50.5 cm³/mol. The zero-order valence-corrected chi connectivity index (χ0v) is 8.30. The Kier molecular flexibility index (Phi) is 6.20. The van der Waals surface area contributed by atoms with Gasteiger partial charge in [0.25, 0.3) is 0 Å². The minimum absolute atomic E-state index is 0.140. The SMILES string of the molecule is CC(O)CCSC(C)CC(=O)O. The van der Waals surface area contributed by atoms with Crippen molar-refractivity contribution in [1.29, 1.82) is 0 Å². The number of carbonyl (C=O) groups is 1. The average molecular weight is 192 g/mol. The van der Waals surface area contributed by atoms with E-state index in [0.29, 0.717) is 0 Å². The first kappa shape index (κ1) is 11.8. The van der Waals surface area contributed by atoms with Gasteiger partial charge in [-0.15, -0.1) is 0 Å². The maximum Gasteiger partial charge on any atom is 0.304 e. The van der Waals surface area contributed by atoms with Crippen molar-refractivity contribution < 1.29 is 15.0 Å². The van der Waals surface area contributed by atoms with Crippen molar-refractivity contribution in [2.75, 3.05) is 5.75 Å². The van der Waals surface area contributed by atoms with E-state index in [1.165, 1.54) is 0 Å². The Morgan fingerprint density at radius 3 is 2.50 bits per heavy atom. The van der Waals surface area contributed by atoms with Crippen LogP contribution in [0.2, 0.25) is 0 Å². The van der Waals surface area contributed by atoms with Crippen LogP contribution < -0.4 is 0 Å². The Morgan fingerprint density at radius 1 is 1.50 bits per heavy atom. The van der Waals surface area contributed by atoms with E-state index < -0.39 is 5.97 Å². The van der Waals surface area contributed by atoms with E-state index in [-0.39, 0.29) is 17.8 Å². The molecule has 0 aliphatic heterocycles. The summed E-state index contributed by atoms with van der Waals surface area (Å²) in [4.78, 5) is 10.2. The second-order valence-electron chi connectivity index (χ2n) is 2.92. The van der Waals surface area contributed by atoms with Gasteiger partial charge in [0.05, 0.1) is 12.5 Å². The molecule has 0 amide bonds. The van der Waals surface area contributed by atoms with Crippen molar-refractivity contribution in [3.05, 3.63) is 0 Å². The molecule has 72 valence electrons. The molecule has 0 bridgehead atoms. The first-order valence-corrected chi connectivity index (χ1v) is 5.08. The third-order valence-electron chi connectivity index (χ3n) is 1.40. The summed E-state index contributed by atoms with van der Waals surface area (Å²) in [5, 5.41) is 17.5.